The van der Waals surface area contributed by atoms with Gasteiger partial charge in [-0.3, -0.25) is 4.79 Å². The molecule has 20 heavy (non-hydrogen) atoms. The monoisotopic (exact) mass is 323 g/mol. The number of aromatic amines is 1. The average molecular weight is 324 g/mol. The van der Waals surface area contributed by atoms with Crippen LogP contribution in [0.1, 0.15) is 5.69 Å². The molecule has 0 bridgehead atoms. The molecule has 8 heteroatoms. The van der Waals surface area contributed by atoms with Gasteiger partial charge in [-0.25, -0.2) is 0 Å². The van der Waals surface area contributed by atoms with Gasteiger partial charge in [0.15, 0.2) is 0 Å². The molecule has 0 aliphatic heterocycles. The van der Waals surface area contributed by atoms with E-state index in [9.17, 15) is 23.1 Å². The van der Waals surface area contributed by atoms with Crippen LogP contribution in [0.3, 0.4) is 0 Å². The topological polar surface area (TPSA) is 53.1 Å². The van der Waals surface area contributed by atoms with Gasteiger partial charge >= 0.3 is 6.18 Å². The van der Waals surface area contributed by atoms with Crippen molar-refractivity contribution in [1.29, 1.82) is 0 Å². The number of hydrogen-bond donors (Lipinski definition) is 2. The van der Waals surface area contributed by atoms with Gasteiger partial charge in [0, 0.05) is 16.1 Å². The largest absolute Gasteiger partial charge is 0.507 e. The lowest BCUT2D eigenvalue weighted by Gasteiger charge is -2.10. The number of aromatic hydroxyl groups is 1. The van der Waals surface area contributed by atoms with Gasteiger partial charge in [-0.2, -0.15) is 13.2 Å². The third kappa shape index (κ3) is 2.91. The van der Waals surface area contributed by atoms with Crippen molar-refractivity contribution in [2.24, 2.45) is 0 Å². The second-order valence-corrected chi connectivity index (χ2v) is 4.80. The highest BCUT2D eigenvalue weighted by molar-refractivity contribution is 6.35. The minimum absolute atomic E-state index is 0.120. The SMILES string of the molecule is O=c1[nH]c(C(F)(F)F)cc(O)c1-c1cc(Cl)cc(Cl)c1. The molecule has 0 aliphatic carbocycles. The second-order valence-electron chi connectivity index (χ2n) is 3.93. The fraction of sp³-hybridized carbons (Fsp3) is 0.0833. The highest BCUT2D eigenvalue weighted by Gasteiger charge is 2.33. The summed E-state index contributed by atoms with van der Waals surface area (Å²) in [6.07, 6.45) is -4.76. The Morgan fingerprint density at radius 3 is 2.05 bits per heavy atom. The molecule has 3 nitrogen and oxygen atoms in total. The van der Waals surface area contributed by atoms with Crippen LogP contribution in [0.2, 0.25) is 10.0 Å². The molecule has 0 radical (unpaired) electrons. The van der Waals surface area contributed by atoms with Crippen LogP contribution in [0.15, 0.2) is 29.1 Å². The summed E-state index contributed by atoms with van der Waals surface area (Å²) in [7, 11) is 0. The predicted octanol–water partition coefficient (Wildman–Crippen LogP) is 4.07. The fourth-order valence-electron chi connectivity index (χ4n) is 1.68. The molecule has 0 fully saturated rings. The van der Waals surface area contributed by atoms with Crippen molar-refractivity contribution in [3.8, 4) is 16.9 Å². The molecule has 0 saturated carbocycles. The van der Waals surface area contributed by atoms with Crippen LogP contribution in [-0.2, 0) is 6.18 Å². The quantitative estimate of drug-likeness (QED) is 0.831. The van der Waals surface area contributed by atoms with Gasteiger partial charge in [0.1, 0.15) is 11.4 Å². The van der Waals surface area contributed by atoms with E-state index in [1.165, 1.54) is 18.2 Å². The number of aromatic nitrogens is 1. The van der Waals surface area contributed by atoms with Crippen LogP contribution in [0.4, 0.5) is 13.2 Å². The Morgan fingerprint density at radius 1 is 1.05 bits per heavy atom. The molecular weight excluding hydrogens is 318 g/mol. The van der Waals surface area contributed by atoms with Gasteiger partial charge in [-0.1, -0.05) is 23.2 Å². The third-order valence-corrected chi connectivity index (χ3v) is 2.91. The van der Waals surface area contributed by atoms with Gasteiger partial charge in [0.05, 0.1) is 5.56 Å². The molecule has 2 rings (SSSR count). The molecule has 0 aliphatic rings. The lowest BCUT2D eigenvalue weighted by Crippen LogP contribution is -2.17. The number of benzene rings is 1. The molecule has 2 N–H and O–H groups in total. The van der Waals surface area contributed by atoms with Gasteiger partial charge in [-0.15, -0.1) is 0 Å². The summed E-state index contributed by atoms with van der Waals surface area (Å²) >= 11 is 11.5. The van der Waals surface area contributed by atoms with Gasteiger partial charge in [0.2, 0.25) is 0 Å². The average Bonchev–Trinajstić information content (AvgIpc) is 2.25. The van der Waals surface area contributed by atoms with E-state index in [-0.39, 0.29) is 21.2 Å². The summed E-state index contributed by atoms with van der Waals surface area (Å²) in [4.78, 5) is 13.4. The Balaban J connectivity index is 2.67. The highest BCUT2D eigenvalue weighted by Crippen LogP contribution is 2.34. The smallest absolute Gasteiger partial charge is 0.431 e. The molecule has 106 valence electrons. The molecule has 0 atom stereocenters. The highest BCUT2D eigenvalue weighted by atomic mass is 35.5. The summed E-state index contributed by atoms with van der Waals surface area (Å²) in [6, 6.07) is 4.45. The molecule has 0 saturated heterocycles. The molecule has 0 spiro atoms. The summed E-state index contributed by atoms with van der Waals surface area (Å²) in [5, 5.41) is 10.0. The number of pyridine rings is 1. The van der Waals surface area contributed by atoms with Gasteiger partial charge in [0.25, 0.3) is 5.56 Å². The van der Waals surface area contributed by atoms with E-state index in [1.807, 2.05) is 0 Å². The number of rotatable bonds is 1. The minimum Gasteiger partial charge on any atom is -0.507 e. The third-order valence-electron chi connectivity index (χ3n) is 2.47. The molecule has 1 aromatic heterocycles. The zero-order valence-corrected chi connectivity index (χ0v) is 11.1. The van der Waals surface area contributed by atoms with E-state index < -0.39 is 23.2 Å². The van der Waals surface area contributed by atoms with E-state index in [2.05, 4.69) is 0 Å². The van der Waals surface area contributed by atoms with Crippen LogP contribution in [0.25, 0.3) is 11.1 Å². The maximum absolute atomic E-state index is 12.5. The Labute approximate surface area is 120 Å². The number of alkyl halides is 3. The van der Waals surface area contributed by atoms with Gasteiger partial charge in [-0.05, 0) is 23.8 Å². The Kier molecular flexibility index (Phi) is 3.71. The van der Waals surface area contributed by atoms with E-state index in [0.29, 0.717) is 6.07 Å². The molecule has 0 unspecified atom stereocenters. The van der Waals surface area contributed by atoms with Crippen molar-refractivity contribution in [3.05, 3.63) is 50.4 Å². The van der Waals surface area contributed by atoms with Crippen molar-refractivity contribution < 1.29 is 18.3 Å². The lowest BCUT2D eigenvalue weighted by molar-refractivity contribution is -0.141. The molecule has 0 amide bonds. The van der Waals surface area contributed by atoms with Crippen molar-refractivity contribution >= 4 is 23.2 Å². The number of hydrogen-bond acceptors (Lipinski definition) is 2. The number of nitrogens with one attached hydrogen (secondary N) is 1. The number of halogens is 5. The Hall–Kier alpha value is -1.66. The summed E-state index contributed by atoms with van der Waals surface area (Å²) in [5.74, 6) is -0.806. The molecule has 1 heterocycles. The minimum atomic E-state index is -4.76. The second kappa shape index (κ2) is 5.03. The first-order valence-electron chi connectivity index (χ1n) is 5.18. The van der Waals surface area contributed by atoms with E-state index in [1.54, 1.807) is 4.98 Å². The van der Waals surface area contributed by atoms with E-state index in [4.69, 9.17) is 23.2 Å². The Bertz CT molecular complexity index is 705. The van der Waals surface area contributed by atoms with Crippen LogP contribution in [0, 0.1) is 0 Å². The molecular formula is C12H6Cl2F3NO2. The summed E-state index contributed by atoms with van der Waals surface area (Å²) in [5.41, 5.74) is -2.63. The first kappa shape index (κ1) is 14.7. The first-order valence-corrected chi connectivity index (χ1v) is 5.94. The Morgan fingerprint density at radius 2 is 1.60 bits per heavy atom. The zero-order chi connectivity index (χ0) is 15.1. The maximum atomic E-state index is 12.5. The maximum Gasteiger partial charge on any atom is 0.431 e. The zero-order valence-electron chi connectivity index (χ0n) is 9.55. The van der Waals surface area contributed by atoms with Crippen LogP contribution in [-0.4, -0.2) is 10.1 Å². The van der Waals surface area contributed by atoms with Crippen molar-refractivity contribution in [2.45, 2.75) is 6.18 Å². The van der Waals surface area contributed by atoms with Crippen LogP contribution >= 0.6 is 23.2 Å². The van der Waals surface area contributed by atoms with Gasteiger partial charge < -0.3 is 10.1 Å². The predicted molar refractivity (Wildman–Crippen MR) is 69.2 cm³/mol. The van der Waals surface area contributed by atoms with Crippen molar-refractivity contribution in [1.82, 2.24) is 4.98 Å². The van der Waals surface area contributed by atoms with E-state index >= 15 is 0 Å². The van der Waals surface area contributed by atoms with Crippen molar-refractivity contribution in [2.75, 3.05) is 0 Å². The number of H-pyrrole nitrogens is 1. The summed E-state index contributed by atoms with van der Waals surface area (Å²) < 4.78 is 37.5. The standard InChI is InChI=1S/C12H6Cl2F3NO2/c13-6-1-5(2-7(14)3-6)10-8(19)4-9(12(15,16)17)18-11(10)20/h1-4H,(H2,18,19,20). The van der Waals surface area contributed by atoms with E-state index in [0.717, 1.165) is 0 Å². The van der Waals surface area contributed by atoms with Crippen molar-refractivity contribution in [3.63, 3.8) is 0 Å². The van der Waals surface area contributed by atoms with Crippen LogP contribution < -0.4 is 5.56 Å². The lowest BCUT2D eigenvalue weighted by atomic mass is 10.1. The normalized spacial score (nSPS) is 11.7. The fourth-order valence-corrected chi connectivity index (χ4v) is 2.20. The molecule has 1 aromatic carbocycles. The summed E-state index contributed by atoms with van der Waals surface area (Å²) in [6.45, 7) is 0. The van der Waals surface area contributed by atoms with Crippen LogP contribution in [0.5, 0.6) is 5.75 Å². The first-order chi connectivity index (χ1) is 9.18. The molecule has 2 aromatic rings.